The van der Waals surface area contributed by atoms with Gasteiger partial charge >= 0.3 is 0 Å². The highest BCUT2D eigenvalue weighted by molar-refractivity contribution is 5.95. The van der Waals surface area contributed by atoms with Gasteiger partial charge in [-0.2, -0.15) is 5.10 Å². The lowest BCUT2D eigenvalue weighted by atomic mass is 10.2. The topological polar surface area (TPSA) is 94.5 Å². The fourth-order valence-corrected chi connectivity index (χ4v) is 2.73. The molecule has 2 aromatic carbocycles. The molecule has 3 aromatic rings. The molecule has 3 rings (SSSR count). The molecule has 0 aliphatic heterocycles. The summed E-state index contributed by atoms with van der Waals surface area (Å²) in [5.74, 6) is -0.220. The maximum absolute atomic E-state index is 12.6. The van der Waals surface area contributed by atoms with Gasteiger partial charge in [0.2, 0.25) is 5.91 Å². The number of hydrogen-bond donors (Lipinski definition) is 2. The van der Waals surface area contributed by atoms with Crippen LogP contribution in [0.3, 0.4) is 0 Å². The van der Waals surface area contributed by atoms with Gasteiger partial charge in [0.1, 0.15) is 6.61 Å². The molecule has 29 heavy (non-hydrogen) atoms. The van der Waals surface area contributed by atoms with Crippen LogP contribution in [0.1, 0.15) is 16.1 Å². The minimum Gasteiger partial charge on any atom is -0.493 e. The van der Waals surface area contributed by atoms with Crippen LogP contribution >= 0.6 is 0 Å². The molecule has 0 spiro atoms. The standard InChI is InChI=1S/C21H22N4O4/c1-28-14-19(26)23-16-8-6-7-15(11-16)12-22-21(27)20-18(29-2)13-25(24-20)17-9-4-3-5-10-17/h3-11,13H,12,14H2,1-2H3,(H,22,27)(H,23,26). The van der Waals surface area contributed by atoms with E-state index in [1.54, 1.807) is 29.1 Å². The fraction of sp³-hybridized carbons (Fsp3) is 0.190. The number of nitrogens with zero attached hydrogens (tertiary/aromatic N) is 2. The first-order valence-electron chi connectivity index (χ1n) is 8.95. The summed E-state index contributed by atoms with van der Waals surface area (Å²) in [6, 6.07) is 16.7. The first kappa shape index (κ1) is 20.1. The molecule has 2 N–H and O–H groups in total. The molecule has 0 aliphatic carbocycles. The monoisotopic (exact) mass is 394 g/mol. The van der Waals surface area contributed by atoms with Gasteiger partial charge in [0, 0.05) is 19.3 Å². The number of aromatic nitrogens is 2. The van der Waals surface area contributed by atoms with E-state index in [0.29, 0.717) is 11.4 Å². The molecule has 0 saturated heterocycles. The maximum atomic E-state index is 12.6. The van der Waals surface area contributed by atoms with Crippen LogP contribution in [0.2, 0.25) is 0 Å². The van der Waals surface area contributed by atoms with Crippen LogP contribution in [-0.4, -0.2) is 42.4 Å². The van der Waals surface area contributed by atoms with E-state index in [0.717, 1.165) is 11.3 Å². The molecule has 0 radical (unpaired) electrons. The summed E-state index contributed by atoms with van der Waals surface area (Å²) in [7, 11) is 2.95. The lowest BCUT2D eigenvalue weighted by Gasteiger charge is -2.08. The van der Waals surface area contributed by atoms with Crippen molar-refractivity contribution in [3.63, 3.8) is 0 Å². The van der Waals surface area contributed by atoms with Crippen LogP contribution in [0.25, 0.3) is 5.69 Å². The summed E-state index contributed by atoms with van der Waals surface area (Å²) in [6.07, 6.45) is 1.66. The van der Waals surface area contributed by atoms with Crippen molar-refractivity contribution in [2.24, 2.45) is 0 Å². The summed E-state index contributed by atoms with van der Waals surface area (Å²) in [5, 5.41) is 9.91. The summed E-state index contributed by atoms with van der Waals surface area (Å²) in [6.45, 7) is 0.249. The molecular weight excluding hydrogens is 372 g/mol. The second-order valence-electron chi connectivity index (χ2n) is 6.19. The predicted molar refractivity (Wildman–Crippen MR) is 108 cm³/mol. The molecule has 0 fully saturated rings. The maximum Gasteiger partial charge on any atom is 0.275 e. The average Bonchev–Trinajstić information content (AvgIpc) is 3.18. The zero-order valence-electron chi connectivity index (χ0n) is 16.2. The zero-order chi connectivity index (χ0) is 20.6. The molecule has 0 unspecified atom stereocenters. The summed E-state index contributed by atoms with van der Waals surface area (Å²) in [5.41, 5.74) is 2.48. The molecule has 150 valence electrons. The van der Waals surface area contributed by atoms with E-state index >= 15 is 0 Å². The second kappa shape index (κ2) is 9.52. The van der Waals surface area contributed by atoms with Gasteiger partial charge in [-0.3, -0.25) is 9.59 Å². The molecular formula is C21H22N4O4. The van der Waals surface area contributed by atoms with E-state index in [1.807, 2.05) is 36.4 Å². The number of rotatable bonds is 8. The van der Waals surface area contributed by atoms with Crippen molar-refractivity contribution in [1.82, 2.24) is 15.1 Å². The summed E-state index contributed by atoms with van der Waals surface area (Å²) < 4.78 is 11.7. The Hall–Kier alpha value is -3.65. The summed E-state index contributed by atoms with van der Waals surface area (Å²) >= 11 is 0. The van der Waals surface area contributed by atoms with Crippen LogP contribution in [0.5, 0.6) is 5.75 Å². The van der Waals surface area contributed by atoms with Gasteiger partial charge in [-0.1, -0.05) is 30.3 Å². The van der Waals surface area contributed by atoms with Crippen LogP contribution in [0.15, 0.2) is 60.8 Å². The molecule has 8 heteroatoms. The Morgan fingerprint density at radius 2 is 1.86 bits per heavy atom. The van der Waals surface area contributed by atoms with Crippen LogP contribution in [0.4, 0.5) is 5.69 Å². The van der Waals surface area contributed by atoms with Gasteiger partial charge in [-0.25, -0.2) is 4.68 Å². The zero-order valence-corrected chi connectivity index (χ0v) is 16.2. The Morgan fingerprint density at radius 1 is 1.07 bits per heavy atom. The van der Waals surface area contributed by atoms with Crippen molar-refractivity contribution in [2.75, 3.05) is 26.1 Å². The van der Waals surface area contributed by atoms with Crippen molar-refractivity contribution in [2.45, 2.75) is 6.54 Å². The van der Waals surface area contributed by atoms with E-state index in [1.165, 1.54) is 14.2 Å². The smallest absolute Gasteiger partial charge is 0.275 e. The van der Waals surface area contributed by atoms with Gasteiger partial charge in [-0.15, -0.1) is 0 Å². The molecule has 1 heterocycles. The highest BCUT2D eigenvalue weighted by atomic mass is 16.5. The summed E-state index contributed by atoms with van der Waals surface area (Å²) in [4.78, 5) is 24.3. The molecule has 2 amide bonds. The third-order valence-corrected chi connectivity index (χ3v) is 4.08. The number of nitrogens with one attached hydrogen (secondary N) is 2. The second-order valence-corrected chi connectivity index (χ2v) is 6.19. The van der Waals surface area contributed by atoms with Gasteiger partial charge < -0.3 is 20.1 Å². The fourth-order valence-electron chi connectivity index (χ4n) is 2.73. The number of methoxy groups -OCH3 is 2. The van der Waals surface area contributed by atoms with Crippen molar-refractivity contribution < 1.29 is 19.1 Å². The quantitative estimate of drug-likeness (QED) is 0.612. The minimum absolute atomic E-state index is 0.0230. The van der Waals surface area contributed by atoms with E-state index in [9.17, 15) is 9.59 Å². The Balaban J connectivity index is 1.68. The van der Waals surface area contributed by atoms with Gasteiger partial charge in [0.25, 0.3) is 5.91 Å². The van der Waals surface area contributed by atoms with Crippen LogP contribution in [0, 0.1) is 0 Å². The van der Waals surface area contributed by atoms with E-state index in [-0.39, 0.29) is 30.7 Å². The lowest BCUT2D eigenvalue weighted by molar-refractivity contribution is -0.119. The SMILES string of the molecule is COCC(=O)Nc1cccc(CNC(=O)c2nn(-c3ccccc3)cc2OC)c1. The Labute approximate surface area is 168 Å². The Morgan fingerprint density at radius 3 is 2.59 bits per heavy atom. The highest BCUT2D eigenvalue weighted by Gasteiger charge is 2.18. The predicted octanol–water partition coefficient (Wildman–Crippen LogP) is 2.40. The van der Waals surface area contributed by atoms with Crippen molar-refractivity contribution in [1.29, 1.82) is 0 Å². The Bertz CT molecular complexity index is 985. The van der Waals surface area contributed by atoms with Crippen molar-refractivity contribution in [3.05, 3.63) is 72.1 Å². The van der Waals surface area contributed by atoms with Gasteiger partial charge in [0.15, 0.2) is 11.4 Å². The van der Waals surface area contributed by atoms with Crippen LogP contribution < -0.4 is 15.4 Å². The van der Waals surface area contributed by atoms with Gasteiger partial charge in [0.05, 0.1) is 19.0 Å². The number of amides is 2. The molecule has 0 bridgehead atoms. The van der Waals surface area contributed by atoms with E-state index in [4.69, 9.17) is 9.47 Å². The third kappa shape index (κ3) is 5.20. The number of ether oxygens (including phenoxy) is 2. The van der Waals surface area contributed by atoms with Crippen molar-refractivity contribution in [3.8, 4) is 11.4 Å². The third-order valence-electron chi connectivity index (χ3n) is 4.08. The molecule has 0 atom stereocenters. The first-order valence-corrected chi connectivity index (χ1v) is 8.95. The normalized spacial score (nSPS) is 10.4. The molecule has 1 aromatic heterocycles. The highest BCUT2D eigenvalue weighted by Crippen LogP contribution is 2.19. The first-order chi connectivity index (χ1) is 14.1. The number of hydrogen-bond acceptors (Lipinski definition) is 5. The molecule has 8 nitrogen and oxygen atoms in total. The van der Waals surface area contributed by atoms with Gasteiger partial charge in [-0.05, 0) is 29.8 Å². The molecule has 0 aliphatic rings. The lowest BCUT2D eigenvalue weighted by Crippen LogP contribution is -2.24. The van der Waals surface area contributed by atoms with E-state index < -0.39 is 0 Å². The number of anilines is 1. The number of benzene rings is 2. The average molecular weight is 394 g/mol. The van der Waals surface area contributed by atoms with Crippen LogP contribution in [-0.2, 0) is 16.1 Å². The minimum atomic E-state index is -0.356. The van der Waals surface area contributed by atoms with E-state index in [2.05, 4.69) is 15.7 Å². The number of carbonyl (C=O) groups is 2. The molecule has 0 saturated carbocycles. The number of carbonyl (C=O) groups excluding carboxylic acids is 2. The largest absolute Gasteiger partial charge is 0.493 e. The van der Waals surface area contributed by atoms with Crippen molar-refractivity contribution >= 4 is 17.5 Å². The number of para-hydroxylation sites is 1. The Kier molecular flexibility index (Phi) is 6.59.